The smallest absolute Gasteiger partial charge is 0.146 e. The second kappa shape index (κ2) is 5.01. The van der Waals surface area contributed by atoms with Gasteiger partial charge in [-0.3, -0.25) is 0 Å². The minimum Gasteiger partial charge on any atom is -0.486 e. The monoisotopic (exact) mass is 231 g/mol. The Morgan fingerprint density at radius 3 is 2.59 bits per heavy atom. The molecule has 0 unspecified atom stereocenters. The predicted octanol–water partition coefficient (Wildman–Crippen LogP) is 2.02. The molecular weight excluding hydrogens is 214 g/mol. The van der Waals surface area contributed by atoms with E-state index in [1.54, 1.807) is 6.20 Å². The Morgan fingerprint density at radius 2 is 2.06 bits per heavy atom. The third-order valence-electron chi connectivity index (χ3n) is 2.69. The molecule has 0 saturated carbocycles. The highest BCUT2D eigenvalue weighted by molar-refractivity contribution is 5.28. The number of hydrogen-bond acceptors (Lipinski definition) is 3. The number of nitrogens with two attached hydrogens (primary N) is 1. The first-order valence-corrected chi connectivity index (χ1v) is 5.61. The van der Waals surface area contributed by atoms with E-state index < -0.39 is 0 Å². The van der Waals surface area contributed by atoms with E-state index in [1.807, 2.05) is 49.0 Å². The second-order valence-corrected chi connectivity index (χ2v) is 4.10. The molecule has 1 atom stereocenters. The first kappa shape index (κ1) is 11.7. The Bertz CT molecular complexity index is 474. The van der Waals surface area contributed by atoms with Crippen molar-refractivity contribution in [2.45, 2.75) is 19.6 Å². The fraction of sp³-hybridized carbons (Fsp3) is 0.308. The Balaban J connectivity index is 1.98. The van der Waals surface area contributed by atoms with Crippen LogP contribution in [0.5, 0.6) is 5.75 Å². The van der Waals surface area contributed by atoms with E-state index in [-0.39, 0.29) is 6.04 Å². The SMILES string of the molecule is C[C@H](N)c1ccc(OCc2nccn2C)cc1. The average molecular weight is 231 g/mol. The zero-order valence-corrected chi connectivity index (χ0v) is 10.1. The topological polar surface area (TPSA) is 53.1 Å². The number of imidazole rings is 1. The van der Waals surface area contributed by atoms with Crippen LogP contribution in [0.25, 0.3) is 0 Å². The van der Waals surface area contributed by atoms with Crippen LogP contribution in [0.1, 0.15) is 24.4 Å². The highest BCUT2D eigenvalue weighted by Gasteiger charge is 2.02. The van der Waals surface area contributed by atoms with Crippen molar-refractivity contribution in [3.05, 3.63) is 48.0 Å². The van der Waals surface area contributed by atoms with E-state index in [9.17, 15) is 0 Å². The quantitative estimate of drug-likeness (QED) is 0.875. The normalized spacial score (nSPS) is 12.4. The van der Waals surface area contributed by atoms with Crippen LogP contribution in [-0.2, 0) is 13.7 Å². The van der Waals surface area contributed by atoms with Crippen molar-refractivity contribution in [2.75, 3.05) is 0 Å². The summed E-state index contributed by atoms with van der Waals surface area (Å²) >= 11 is 0. The van der Waals surface area contributed by atoms with Crippen LogP contribution in [0, 0.1) is 0 Å². The summed E-state index contributed by atoms with van der Waals surface area (Å²) in [6, 6.07) is 7.89. The van der Waals surface area contributed by atoms with Crippen LogP contribution in [0.4, 0.5) is 0 Å². The molecule has 1 aromatic heterocycles. The molecule has 0 spiro atoms. The number of hydrogen-bond donors (Lipinski definition) is 1. The number of ether oxygens (including phenoxy) is 1. The molecule has 0 radical (unpaired) electrons. The molecule has 0 bridgehead atoms. The van der Waals surface area contributed by atoms with E-state index in [2.05, 4.69) is 4.98 Å². The van der Waals surface area contributed by atoms with E-state index >= 15 is 0 Å². The largest absolute Gasteiger partial charge is 0.486 e. The molecule has 4 heteroatoms. The third-order valence-corrected chi connectivity index (χ3v) is 2.69. The van der Waals surface area contributed by atoms with Gasteiger partial charge in [0, 0.05) is 25.5 Å². The van der Waals surface area contributed by atoms with Crippen LogP contribution >= 0.6 is 0 Å². The van der Waals surface area contributed by atoms with Gasteiger partial charge in [-0.25, -0.2) is 4.98 Å². The lowest BCUT2D eigenvalue weighted by Crippen LogP contribution is -2.05. The van der Waals surface area contributed by atoms with Crippen molar-refractivity contribution in [3.63, 3.8) is 0 Å². The molecule has 2 aromatic rings. The first-order chi connectivity index (χ1) is 8.16. The summed E-state index contributed by atoms with van der Waals surface area (Å²) in [5.41, 5.74) is 6.89. The molecule has 0 aliphatic heterocycles. The van der Waals surface area contributed by atoms with Crippen LogP contribution in [0.2, 0.25) is 0 Å². The molecule has 4 nitrogen and oxygen atoms in total. The minimum absolute atomic E-state index is 0.0543. The van der Waals surface area contributed by atoms with Gasteiger partial charge in [-0.2, -0.15) is 0 Å². The van der Waals surface area contributed by atoms with Gasteiger partial charge >= 0.3 is 0 Å². The van der Waals surface area contributed by atoms with E-state index in [1.165, 1.54) is 0 Å². The van der Waals surface area contributed by atoms with Gasteiger partial charge in [0.05, 0.1) is 0 Å². The van der Waals surface area contributed by atoms with Gasteiger partial charge in [-0.05, 0) is 24.6 Å². The Labute approximate surface area is 101 Å². The van der Waals surface area contributed by atoms with Crippen LogP contribution in [0.15, 0.2) is 36.7 Å². The molecule has 0 aliphatic carbocycles. The molecular formula is C13H17N3O. The van der Waals surface area contributed by atoms with Gasteiger partial charge in [0.1, 0.15) is 18.2 Å². The molecule has 0 fully saturated rings. The average Bonchev–Trinajstić information content (AvgIpc) is 2.73. The van der Waals surface area contributed by atoms with Crippen LogP contribution in [0.3, 0.4) is 0 Å². The molecule has 17 heavy (non-hydrogen) atoms. The van der Waals surface area contributed by atoms with E-state index in [0.29, 0.717) is 6.61 Å². The highest BCUT2D eigenvalue weighted by atomic mass is 16.5. The van der Waals surface area contributed by atoms with Gasteiger partial charge in [-0.15, -0.1) is 0 Å². The summed E-state index contributed by atoms with van der Waals surface area (Å²) in [6.45, 7) is 2.44. The summed E-state index contributed by atoms with van der Waals surface area (Å²) in [4.78, 5) is 4.19. The van der Waals surface area contributed by atoms with Crippen molar-refractivity contribution in [1.29, 1.82) is 0 Å². The summed E-state index contributed by atoms with van der Waals surface area (Å²) in [5.74, 6) is 1.73. The molecule has 2 N–H and O–H groups in total. The Morgan fingerprint density at radius 1 is 1.35 bits per heavy atom. The van der Waals surface area contributed by atoms with Gasteiger partial charge in [-0.1, -0.05) is 12.1 Å². The number of benzene rings is 1. The first-order valence-electron chi connectivity index (χ1n) is 5.61. The Hall–Kier alpha value is -1.81. The lowest BCUT2D eigenvalue weighted by atomic mass is 10.1. The maximum absolute atomic E-state index is 5.78. The van der Waals surface area contributed by atoms with E-state index in [4.69, 9.17) is 10.5 Å². The van der Waals surface area contributed by atoms with Gasteiger partial charge in [0.2, 0.25) is 0 Å². The van der Waals surface area contributed by atoms with Crippen molar-refractivity contribution in [1.82, 2.24) is 9.55 Å². The molecule has 0 amide bonds. The number of aryl methyl sites for hydroxylation is 1. The molecule has 1 heterocycles. The van der Waals surface area contributed by atoms with E-state index in [0.717, 1.165) is 17.1 Å². The molecule has 1 aromatic carbocycles. The summed E-state index contributed by atoms with van der Waals surface area (Å²) in [6.07, 6.45) is 3.66. The fourth-order valence-electron chi connectivity index (χ4n) is 1.55. The van der Waals surface area contributed by atoms with Gasteiger partial charge < -0.3 is 15.0 Å². The zero-order valence-electron chi connectivity index (χ0n) is 10.1. The molecule has 0 saturated heterocycles. The van der Waals surface area contributed by atoms with Crippen molar-refractivity contribution < 1.29 is 4.74 Å². The second-order valence-electron chi connectivity index (χ2n) is 4.10. The molecule has 0 aliphatic rings. The van der Waals surface area contributed by atoms with Crippen LogP contribution < -0.4 is 10.5 Å². The maximum Gasteiger partial charge on any atom is 0.146 e. The van der Waals surface area contributed by atoms with Crippen molar-refractivity contribution in [3.8, 4) is 5.75 Å². The molecule has 2 rings (SSSR count). The van der Waals surface area contributed by atoms with Crippen molar-refractivity contribution >= 4 is 0 Å². The minimum atomic E-state index is 0.0543. The van der Waals surface area contributed by atoms with Gasteiger partial charge in [0.25, 0.3) is 0 Å². The standard InChI is InChI=1S/C13H17N3O/c1-10(14)11-3-5-12(6-4-11)17-9-13-15-7-8-16(13)2/h3-8,10H,9,14H2,1-2H3/t10-/m0/s1. The Kier molecular flexibility index (Phi) is 3.44. The third kappa shape index (κ3) is 2.85. The number of aromatic nitrogens is 2. The number of nitrogens with zero attached hydrogens (tertiary/aromatic N) is 2. The fourth-order valence-corrected chi connectivity index (χ4v) is 1.55. The predicted molar refractivity (Wildman–Crippen MR) is 66.6 cm³/mol. The molecule has 90 valence electrons. The maximum atomic E-state index is 5.78. The zero-order chi connectivity index (χ0) is 12.3. The highest BCUT2D eigenvalue weighted by Crippen LogP contribution is 2.16. The lowest BCUT2D eigenvalue weighted by Gasteiger charge is -2.08. The summed E-state index contributed by atoms with van der Waals surface area (Å²) in [7, 11) is 1.95. The van der Waals surface area contributed by atoms with Crippen LogP contribution in [-0.4, -0.2) is 9.55 Å². The summed E-state index contributed by atoms with van der Waals surface area (Å²) < 4.78 is 7.58. The summed E-state index contributed by atoms with van der Waals surface area (Å²) in [5, 5.41) is 0. The number of rotatable bonds is 4. The van der Waals surface area contributed by atoms with Crippen molar-refractivity contribution in [2.24, 2.45) is 12.8 Å². The lowest BCUT2D eigenvalue weighted by molar-refractivity contribution is 0.291. The van der Waals surface area contributed by atoms with Gasteiger partial charge in [0.15, 0.2) is 0 Å².